The summed E-state index contributed by atoms with van der Waals surface area (Å²) in [6.45, 7) is -0.0618. The van der Waals surface area contributed by atoms with Gasteiger partial charge in [0, 0.05) is 12.0 Å². The Morgan fingerprint density at radius 2 is 2.16 bits per heavy atom. The monoisotopic (exact) mass is 303 g/mol. The molecule has 0 aromatic heterocycles. The van der Waals surface area contributed by atoms with E-state index < -0.39 is 12.1 Å². The fraction of sp³-hybridized carbons (Fsp3) is 0.333. The van der Waals surface area contributed by atoms with E-state index in [1.165, 1.54) is 18.9 Å². The average molecular weight is 304 g/mol. The summed E-state index contributed by atoms with van der Waals surface area (Å²) < 4.78 is 4.70. The molecule has 0 aliphatic carbocycles. The second-order valence-corrected chi connectivity index (χ2v) is 5.01. The van der Waals surface area contributed by atoms with Crippen molar-refractivity contribution < 1.29 is 19.4 Å². The minimum Gasteiger partial charge on any atom is -0.479 e. The van der Waals surface area contributed by atoms with Crippen molar-refractivity contribution in [2.45, 2.75) is 11.0 Å². The van der Waals surface area contributed by atoms with Crippen LogP contribution in [0.3, 0.4) is 0 Å². The van der Waals surface area contributed by atoms with Gasteiger partial charge in [-0.25, -0.2) is 4.79 Å². The van der Waals surface area contributed by atoms with Crippen LogP contribution in [0.25, 0.3) is 0 Å². The Labute approximate surface area is 120 Å². The number of ether oxygens (including phenoxy) is 1. The number of halogens is 1. The van der Waals surface area contributed by atoms with Crippen LogP contribution in [0, 0.1) is 0 Å². The predicted octanol–water partition coefficient (Wildman–Crippen LogP) is 1.65. The summed E-state index contributed by atoms with van der Waals surface area (Å²) in [5.74, 6) is -1.21. The molecule has 5 nitrogen and oxygen atoms in total. The number of amides is 1. The minimum atomic E-state index is -1.11. The molecule has 0 saturated heterocycles. The zero-order valence-electron chi connectivity index (χ0n) is 10.3. The predicted molar refractivity (Wildman–Crippen MR) is 73.6 cm³/mol. The first kappa shape index (κ1) is 15.8. The van der Waals surface area contributed by atoms with Crippen LogP contribution in [-0.4, -0.2) is 42.5 Å². The van der Waals surface area contributed by atoms with Gasteiger partial charge < -0.3 is 15.2 Å². The van der Waals surface area contributed by atoms with Gasteiger partial charge >= 0.3 is 5.97 Å². The zero-order valence-corrected chi connectivity index (χ0v) is 11.8. The summed E-state index contributed by atoms with van der Waals surface area (Å²) in [5, 5.41) is 11.8. The lowest BCUT2D eigenvalue weighted by molar-refractivity contribution is -0.148. The third kappa shape index (κ3) is 5.50. The van der Waals surface area contributed by atoms with E-state index in [0.717, 1.165) is 4.90 Å². The van der Waals surface area contributed by atoms with Crippen LogP contribution < -0.4 is 5.32 Å². The van der Waals surface area contributed by atoms with Gasteiger partial charge in [-0.15, -0.1) is 11.8 Å². The number of thioether (sulfide) groups is 1. The molecule has 1 atom stereocenters. The summed E-state index contributed by atoms with van der Waals surface area (Å²) in [6, 6.07) is 7.20. The molecule has 0 heterocycles. The number of hydrogen-bond acceptors (Lipinski definition) is 4. The number of carboxylic acid groups (broad SMARTS) is 1. The molecule has 19 heavy (non-hydrogen) atoms. The van der Waals surface area contributed by atoms with Gasteiger partial charge in [0.25, 0.3) is 0 Å². The van der Waals surface area contributed by atoms with Crippen molar-refractivity contribution in [2.24, 2.45) is 0 Å². The Hall–Kier alpha value is -1.24. The number of hydrogen-bond donors (Lipinski definition) is 2. The lowest BCUT2D eigenvalue weighted by Crippen LogP contribution is -2.38. The van der Waals surface area contributed by atoms with Crippen molar-refractivity contribution in [3.05, 3.63) is 29.3 Å². The van der Waals surface area contributed by atoms with Gasteiger partial charge in [0.2, 0.25) is 5.91 Å². The normalized spacial score (nSPS) is 11.9. The molecule has 0 spiro atoms. The Morgan fingerprint density at radius 1 is 1.47 bits per heavy atom. The van der Waals surface area contributed by atoms with Crippen LogP contribution in [0.15, 0.2) is 29.2 Å². The molecule has 0 aliphatic heterocycles. The van der Waals surface area contributed by atoms with E-state index in [4.69, 9.17) is 21.4 Å². The summed E-state index contributed by atoms with van der Waals surface area (Å²) in [7, 11) is 1.28. The number of carboxylic acids is 1. The highest BCUT2D eigenvalue weighted by molar-refractivity contribution is 8.00. The van der Waals surface area contributed by atoms with Crippen LogP contribution in [0.2, 0.25) is 5.02 Å². The van der Waals surface area contributed by atoms with E-state index in [-0.39, 0.29) is 18.2 Å². The Bertz CT molecular complexity index is 455. The summed E-state index contributed by atoms with van der Waals surface area (Å²) >= 11 is 7.24. The molecule has 1 rings (SSSR count). The van der Waals surface area contributed by atoms with Crippen molar-refractivity contribution in [3.63, 3.8) is 0 Å². The van der Waals surface area contributed by atoms with Gasteiger partial charge in [-0.05, 0) is 12.1 Å². The third-order valence-electron chi connectivity index (χ3n) is 2.24. The van der Waals surface area contributed by atoms with E-state index >= 15 is 0 Å². The van der Waals surface area contributed by atoms with Crippen LogP contribution in [0.1, 0.15) is 0 Å². The van der Waals surface area contributed by atoms with Gasteiger partial charge in [-0.1, -0.05) is 23.7 Å². The number of benzene rings is 1. The van der Waals surface area contributed by atoms with E-state index in [2.05, 4.69) is 5.32 Å². The fourth-order valence-electron chi connectivity index (χ4n) is 1.23. The minimum absolute atomic E-state index is 0.0618. The summed E-state index contributed by atoms with van der Waals surface area (Å²) in [5.41, 5.74) is 0. The van der Waals surface area contributed by atoms with Crippen LogP contribution in [-0.2, 0) is 14.3 Å². The highest BCUT2D eigenvalue weighted by Gasteiger charge is 2.17. The molecule has 1 aromatic rings. The van der Waals surface area contributed by atoms with Crippen molar-refractivity contribution >= 4 is 35.2 Å². The van der Waals surface area contributed by atoms with E-state index in [1.807, 2.05) is 18.2 Å². The maximum atomic E-state index is 11.5. The number of methoxy groups -OCH3 is 1. The van der Waals surface area contributed by atoms with E-state index in [1.54, 1.807) is 6.07 Å². The fourth-order valence-corrected chi connectivity index (χ4v) is 2.30. The topological polar surface area (TPSA) is 75.6 Å². The number of carbonyl (C=O) groups excluding carboxylic acids is 1. The SMILES string of the molecule is COC(CNC(=O)CSc1ccccc1Cl)C(=O)O. The summed E-state index contributed by atoms with van der Waals surface area (Å²) in [6.07, 6.45) is -1.03. The molecule has 0 bridgehead atoms. The lowest BCUT2D eigenvalue weighted by Gasteiger charge is -2.11. The lowest BCUT2D eigenvalue weighted by atomic mass is 10.3. The van der Waals surface area contributed by atoms with Gasteiger partial charge in [0.15, 0.2) is 6.10 Å². The van der Waals surface area contributed by atoms with Gasteiger partial charge in [-0.3, -0.25) is 4.79 Å². The van der Waals surface area contributed by atoms with Gasteiger partial charge in [0.05, 0.1) is 17.3 Å². The molecular weight excluding hydrogens is 290 g/mol. The second kappa shape index (κ2) is 8.04. The van der Waals surface area contributed by atoms with Crippen molar-refractivity contribution in [3.8, 4) is 0 Å². The molecule has 0 saturated carbocycles. The number of rotatable bonds is 7. The Morgan fingerprint density at radius 3 is 2.74 bits per heavy atom. The molecule has 1 amide bonds. The molecule has 0 aliphatic rings. The standard InChI is InChI=1S/C12H14ClNO4S/c1-18-9(12(16)17)6-14-11(15)7-19-10-5-3-2-4-8(10)13/h2-5,9H,6-7H2,1H3,(H,14,15)(H,16,17). The Kier molecular flexibility index (Phi) is 6.69. The van der Waals surface area contributed by atoms with Gasteiger partial charge in [0.1, 0.15) is 0 Å². The third-order valence-corrected chi connectivity index (χ3v) is 3.76. The smallest absolute Gasteiger partial charge is 0.334 e. The molecule has 2 N–H and O–H groups in total. The number of nitrogens with one attached hydrogen (secondary N) is 1. The quantitative estimate of drug-likeness (QED) is 0.749. The van der Waals surface area contributed by atoms with Crippen LogP contribution >= 0.6 is 23.4 Å². The molecule has 7 heteroatoms. The molecular formula is C12H14ClNO4S. The average Bonchev–Trinajstić information content (AvgIpc) is 2.38. The Balaban J connectivity index is 2.36. The number of carbonyl (C=O) groups is 2. The molecule has 0 fully saturated rings. The van der Waals surface area contributed by atoms with Crippen molar-refractivity contribution in [1.82, 2.24) is 5.32 Å². The molecule has 104 valence electrons. The van der Waals surface area contributed by atoms with E-state index in [9.17, 15) is 9.59 Å². The number of aliphatic carboxylic acids is 1. The highest BCUT2D eigenvalue weighted by Crippen LogP contribution is 2.26. The summed E-state index contributed by atoms with van der Waals surface area (Å²) in [4.78, 5) is 23.0. The van der Waals surface area contributed by atoms with Crippen LogP contribution in [0.5, 0.6) is 0 Å². The zero-order chi connectivity index (χ0) is 14.3. The molecule has 1 unspecified atom stereocenters. The van der Waals surface area contributed by atoms with E-state index in [0.29, 0.717) is 5.02 Å². The molecule has 0 radical (unpaired) electrons. The largest absolute Gasteiger partial charge is 0.479 e. The first-order valence-corrected chi connectivity index (χ1v) is 6.80. The van der Waals surface area contributed by atoms with Crippen molar-refractivity contribution in [2.75, 3.05) is 19.4 Å². The molecule has 1 aromatic carbocycles. The first-order valence-electron chi connectivity index (χ1n) is 5.44. The first-order chi connectivity index (χ1) is 9.04. The second-order valence-electron chi connectivity index (χ2n) is 3.59. The maximum Gasteiger partial charge on any atom is 0.334 e. The maximum absolute atomic E-state index is 11.5. The van der Waals surface area contributed by atoms with Crippen LogP contribution in [0.4, 0.5) is 0 Å². The highest BCUT2D eigenvalue weighted by atomic mass is 35.5. The van der Waals surface area contributed by atoms with Crippen molar-refractivity contribution in [1.29, 1.82) is 0 Å². The van der Waals surface area contributed by atoms with Gasteiger partial charge in [-0.2, -0.15) is 0 Å².